The second-order valence-corrected chi connectivity index (χ2v) is 6.55. The number of hydrogen-bond donors (Lipinski definition) is 0. The van der Waals surface area contributed by atoms with E-state index in [1.165, 1.54) is 12.8 Å². The largest absolute Gasteiger partial charge is 0.342 e. The third-order valence-electron chi connectivity index (χ3n) is 4.43. The summed E-state index contributed by atoms with van der Waals surface area (Å²) in [5, 5.41) is 4.43. The van der Waals surface area contributed by atoms with Crippen LogP contribution in [-0.4, -0.2) is 34.2 Å². The highest BCUT2D eigenvalue weighted by molar-refractivity contribution is 5.94. The lowest BCUT2D eigenvalue weighted by Gasteiger charge is -2.16. The molecule has 1 heterocycles. The van der Waals surface area contributed by atoms with Crippen LogP contribution in [0, 0.1) is 5.92 Å². The summed E-state index contributed by atoms with van der Waals surface area (Å²) in [5.41, 5.74) is 2.97. The predicted octanol–water partition coefficient (Wildman–Crippen LogP) is 3.83. The molecule has 1 saturated carbocycles. The van der Waals surface area contributed by atoms with Gasteiger partial charge in [-0.1, -0.05) is 25.5 Å². The van der Waals surface area contributed by atoms with Crippen LogP contribution in [0.2, 0.25) is 0 Å². The smallest absolute Gasteiger partial charge is 0.253 e. The molecule has 1 aliphatic carbocycles. The van der Waals surface area contributed by atoms with Crippen LogP contribution in [-0.2, 0) is 6.54 Å². The van der Waals surface area contributed by atoms with Crippen molar-refractivity contribution in [2.45, 2.75) is 39.2 Å². The maximum atomic E-state index is 12.3. The zero-order valence-electron chi connectivity index (χ0n) is 14.0. The van der Waals surface area contributed by atoms with Gasteiger partial charge in [0.2, 0.25) is 0 Å². The van der Waals surface area contributed by atoms with Crippen LogP contribution in [0.15, 0.2) is 36.7 Å². The minimum atomic E-state index is 0.0921. The van der Waals surface area contributed by atoms with Crippen molar-refractivity contribution >= 4 is 5.91 Å². The molecular weight excluding hydrogens is 286 g/mol. The first-order chi connectivity index (χ1) is 11.2. The van der Waals surface area contributed by atoms with E-state index in [2.05, 4.69) is 18.2 Å². The molecule has 1 aliphatic rings. The monoisotopic (exact) mass is 311 g/mol. The first-order valence-corrected chi connectivity index (χ1v) is 8.55. The summed E-state index contributed by atoms with van der Waals surface area (Å²) in [6.45, 7) is 3.97. The van der Waals surface area contributed by atoms with E-state index in [1.807, 2.05) is 42.2 Å². The molecule has 4 nitrogen and oxygen atoms in total. The molecule has 0 aliphatic heterocycles. The maximum Gasteiger partial charge on any atom is 0.253 e. The second-order valence-electron chi connectivity index (χ2n) is 6.55. The van der Waals surface area contributed by atoms with Crippen LogP contribution >= 0.6 is 0 Å². The van der Waals surface area contributed by atoms with E-state index in [9.17, 15) is 4.79 Å². The van der Waals surface area contributed by atoms with E-state index in [1.54, 1.807) is 4.90 Å². The zero-order valence-corrected chi connectivity index (χ0v) is 14.0. The third-order valence-corrected chi connectivity index (χ3v) is 4.43. The molecule has 4 heteroatoms. The van der Waals surface area contributed by atoms with Crippen molar-refractivity contribution in [3.8, 4) is 11.1 Å². The SMILES string of the molecule is CCCCN(C)C(=O)c1ccc(-c2cnn(CC3CC3)c2)cc1. The van der Waals surface area contributed by atoms with Gasteiger partial charge in [-0.05, 0) is 42.9 Å². The van der Waals surface area contributed by atoms with E-state index in [0.29, 0.717) is 0 Å². The molecule has 1 aromatic heterocycles. The van der Waals surface area contributed by atoms with Crippen LogP contribution in [0.3, 0.4) is 0 Å². The van der Waals surface area contributed by atoms with Crippen molar-refractivity contribution in [2.75, 3.05) is 13.6 Å². The van der Waals surface area contributed by atoms with Gasteiger partial charge in [-0.15, -0.1) is 0 Å². The lowest BCUT2D eigenvalue weighted by atomic mass is 10.1. The van der Waals surface area contributed by atoms with Gasteiger partial charge in [0.05, 0.1) is 6.20 Å². The van der Waals surface area contributed by atoms with E-state index in [-0.39, 0.29) is 5.91 Å². The Balaban J connectivity index is 1.66. The minimum absolute atomic E-state index is 0.0921. The number of hydrogen-bond acceptors (Lipinski definition) is 2. The van der Waals surface area contributed by atoms with Gasteiger partial charge in [0.15, 0.2) is 0 Å². The zero-order chi connectivity index (χ0) is 16.2. The molecule has 1 fully saturated rings. The predicted molar refractivity (Wildman–Crippen MR) is 92.3 cm³/mol. The molecule has 23 heavy (non-hydrogen) atoms. The van der Waals surface area contributed by atoms with Gasteiger partial charge < -0.3 is 4.90 Å². The van der Waals surface area contributed by atoms with E-state index >= 15 is 0 Å². The number of benzene rings is 1. The number of unbranched alkanes of at least 4 members (excludes halogenated alkanes) is 1. The number of aromatic nitrogens is 2. The van der Waals surface area contributed by atoms with Gasteiger partial charge in [0.25, 0.3) is 5.91 Å². The Labute approximate surface area is 138 Å². The summed E-state index contributed by atoms with van der Waals surface area (Å²) < 4.78 is 2.03. The molecule has 1 amide bonds. The molecule has 0 unspecified atom stereocenters. The Bertz CT molecular complexity index is 656. The number of rotatable bonds is 7. The van der Waals surface area contributed by atoms with Gasteiger partial charge in [-0.25, -0.2) is 0 Å². The Morgan fingerprint density at radius 2 is 2.00 bits per heavy atom. The molecule has 0 radical (unpaired) electrons. The Hall–Kier alpha value is -2.10. The topological polar surface area (TPSA) is 38.1 Å². The summed E-state index contributed by atoms with van der Waals surface area (Å²) >= 11 is 0. The Morgan fingerprint density at radius 1 is 1.26 bits per heavy atom. The number of carbonyl (C=O) groups is 1. The van der Waals surface area contributed by atoms with Gasteiger partial charge in [-0.2, -0.15) is 5.10 Å². The van der Waals surface area contributed by atoms with Gasteiger partial charge in [0.1, 0.15) is 0 Å². The minimum Gasteiger partial charge on any atom is -0.342 e. The summed E-state index contributed by atoms with van der Waals surface area (Å²) in [6.07, 6.45) is 8.81. The van der Waals surface area contributed by atoms with Gasteiger partial charge >= 0.3 is 0 Å². The summed E-state index contributed by atoms with van der Waals surface area (Å²) in [5.74, 6) is 0.913. The maximum absolute atomic E-state index is 12.3. The highest BCUT2D eigenvalue weighted by Crippen LogP contribution is 2.31. The molecule has 122 valence electrons. The van der Waals surface area contributed by atoms with Crippen molar-refractivity contribution in [3.63, 3.8) is 0 Å². The quantitative estimate of drug-likeness (QED) is 0.779. The summed E-state index contributed by atoms with van der Waals surface area (Å²) in [7, 11) is 1.87. The molecule has 1 aromatic carbocycles. The highest BCUT2D eigenvalue weighted by Gasteiger charge is 2.22. The molecule has 0 bridgehead atoms. The van der Waals surface area contributed by atoms with Crippen molar-refractivity contribution < 1.29 is 4.79 Å². The molecular formula is C19H25N3O. The standard InChI is InChI=1S/C19H25N3O/c1-3-4-11-21(2)19(23)17-9-7-16(8-10-17)18-12-20-22(14-18)13-15-5-6-15/h7-10,12,14-15H,3-6,11,13H2,1-2H3. The molecule has 0 spiro atoms. The average molecular weight is 311 g/mol. The second kappa shape index (κ2) is 6.99. The highest BCUT2D eigenvalue weighted by atomic mass is 16.2. The van der Waals surface area contributed by atoms with Crippen molar-refractivity contribution in [1.82, 2.24) is 14.7 Å². The number of carbonyl (C=O) groups excluding carboxylic acids is 1. The lowest BCUT2D eigenvalue weighted by Crippen LogP contribution is -2.27. The van der Waals surface area contributed by atoms with Gasteiger partial charge in [-0.3, -0.25) is 9.48 Å². The Kier molecular flexibility index (Phi) is 4.79. The fourth-order valence-corrected chi connectivity index (χ4v) is 2.70. The van der Waals surface area contributed by atoms with E-state index < -0.39 is 0 Å². The van der Waals surface area contributed by atoms with Crippen molar-refractivity contribution in [3.05, 3.63) is 42.2 Å². The average Bonchev–Trinajstić information content (AvgIpc) is 3.27. The molecule has 3 rings (SSSR count). The van der Waals surface area contributed by atoms with Crippen LogP contribution in [0.4, 0.5) is 0 Å². The summed E-state index contributed by atoms with van der Waals surface area (Å²) in [6, 6.07) is 7.86. The third kappa shape index (κ3) is 4.01. The van der Waals surface area contributed by atoms with E-state index in [4.69, 9.17) is 0 Å². The number of amides is 1. The van der Waals surface area contributed by atoms with Crippen LogP contribution in [0.1, 0.15) is 43.0 Å². The fourth-order valence-electron chi connectivity index (χ4n) is 2.70. The van der Waals surface area contributed by atoms with Crippen molar-refractivity contribution in [2.24, 2.45) is 5.92 Å². The van der Waals surface area contributed by atoms with Crippen LogP contribution in [0.25, 0.3) is 11.1 Å². The van der Waals surface area contributed by atoms with Crippen LogP contribution < -0.4 is 0 Å². The molecule has 0 N–H and O–H groups in total. The lowest BCUT2D eigenvalue weighted by molar-refractivity contribution is 0.0793. The Morgan fingerprint density at radius 3 is 2.65 bits per heavy atom. The van der Waals surface area contributed by atoms with E-state index in [0.717, 1.165) is 48.5 Å². The first-order valence-electron chi connectivity index (χ1n) is 8.55. The van der Waals surface area contributed by atoms with Crippen LogP contribution in [0.5, 0.6) is 0 Å². The molecule has 0 atom stereocenters. The summed E-state index contributed by atoms with van der Waals surface area (Å²) in [4.78, 5) is 14.1. The normalized spacial score (nSPS) is 14.0. The molecule has 2 aromatic rings. The number of nitrogens with zero attached hydrogens (tertiary/aromatic N) is 3. The van der Waals surface area contributed by atoms with Crippen molar-refractivity contribution in [1.29, 1.82) is 0 Å². The first kappa shape index (κ1) is 15.8. The van der Waals surface area contributed by atoms with Gasteiger partial charge in [0, 0.05) is 37.5 Å². The fraction of sp³-hybridized carbons (Fsp3) is 0.474. The molecule has 0 saturated heterocycles.